The van der Waals surface area contributed by atoms with E-state index in [9.17, 15) is 4.79 Å². The van der Waals surface area contributed by atoms with Crippen LogP contribution in [-0.2, 0) is 17.6 Å². The number of esters is 1. The number of methoxy groups -OCH3 is 3. The molecular weight excluding hydrogens is 408 g/mol. The first-order valence-corrected chi connectivity index (χ1v) is 9.81. The second kappa shape index (κ2) is 8.33. The Morgan fingerprint density at radius 3 is 2.56 bits per heavy atom. The van der Waals surface area contributed by atoms with Gasteiger partial charge in [-0.3, -0.25) is 0 Å². The molecule has 0 bridgehead atoms. The molecule has 0 aliphatic heterocycles. The Morgan fingerprint density at radius 2 is 1.89 bits per heavy atom. The molecule has 0 radical (unpaired) electrons. The Morgan fingerprint density at radius 1 is 1.15 bits per heavy atom. The van der Waals surface area contributed by atoms with Crippen molar-refractivity contribution in [1.29, 1.82) is 0 Å². The van der Waals surface area contributed by atoms with E-state index in [2.05, 4.69) is 10.6 Å². The molecule has 144 valence electrons. The van der Waals surface area contributed by atoms with Crippen LogP contribution < -0.4 is 20.1 Å². The van der Waals surface area contributed by atoms with Gasteiger partial charge in [-0.25, -0.2) is 4.79 Å². The Labute approximate surface area is 171 Å². The maximum absolute atomic E-state index is 12.2. The van der Waals surface area contributed by atoms with E-state index in [0.29, 0.717) is 37.9 Å². The average Bonchev–Trinajstić information content (AvgIpc) is 3.22. The lowest BCUT2D eigenvalue weighted by atomic mass is 10.1. The van der Waals surface area contributed by atoms with Crippen LogP contribution in [0.5, 0.6) is 11.5 Å². The molecule has 1 aliphatic rings. The molecule has 6 nitrogen and oxygen atoms in total. The zero-order valence-corrected chi connectivity index (χ0v) is 17.5. The maximum atomic E-state index is 12.2. The summed E-state index contributed by atoms with van der Waals surface area (Å²) in [5.41, 5.74) is 2.21. The quantitative estimate of drug-likeness (QED) is 0.538. The summed E-state index contributed by atoms with van der Waals surface area (Å²) in [4.78, 5) is 13.4. The van der Waals surface area contributed by atoms with Crippen molar-refractivity contribution >= 4 is 56.9 Å². The molecule has 0 unspecified atom stereocenters. The fourth-order valence-corrected chi connectivity index (χ4v) is 4.82. The van der Waals surface area contributed by atoms with Crippen LogP contribution in [0.25, 0.3) is 0 Å². The molecule has 0 saturated heterocycles. The number of anilines is 2. The van der Waals surface area contributed by atoms with E-state index < -0.39 is 0 Å². The Balaban J connectivity index is 1.83. The minimum absolute atomic E-state index is 0.319. The second-order valence-electron chi connectivity index (χ2n) is 5.82. The topological polar surface area (TPSA) is 68.8 Å². The highest BCUT2D eigenvalue weighted by Gasteiger charge is 2.27. The number of rotatable bonds is 5. The molecule has 27 heavy (non-hydrogen) atoms. The number of aryl methyl sites for hydroxylation is 1. The van der Waals surface area contributed by atoms with E-state index in [1.165, 1.54) is 30.4 Å². The van der Waals surface area contributed by atoms with Gasteiger partial charge in [0.15, 0.2) is 5.11 Å². The summed E-state index contributed by atoms with van der Waals surface area (Å²) < 4.78 is 15.5. The number of benzene rings is 1. The summed E-state index contributed by atoms with van der Waals surface area (Å²) >= 11 is 13.2. The van der Waals surface area contributed by atoms with Crippen molar-refractivity contribution < 1.29 is 19.0 Å². The molecule has 1 heterocycles. The summed E-state index contributed by atoms with van der Waals surface area (Å²) in [6.45, 7) is 0. The van der Waals surface area contributed by atoms with Crippen LogP contribution in [-0.4, -0.2) is 32.4 Å². The fraction of sp³-hybridized carbons (Fsp3) is 0.333. The van der Waals surface area contributed by atoms with Crippen molar-refractivity contribution in [2.45, 2.75) is 19.3 Å². The van der Waals surface area contributed by atoms with Crippen LogP contribution in [0.3, 0.4) is 0 Å². The highest BCUT2D eigenvalue weighted by molar-refractivity contribution is 7.80. The number of hydrogen-bond acceptors (Lipinski definition) is 6. The minimum Gasteiger partial charge on any atom is -0.495 e. The molecule has 3 rings (SSSR count). The van der Waals surface area contributed by atoms with Gasteiger partial charge in [-0.05, 0) is 43.1 Å². The molecule has 1 aromatic carbocycles. The van der Waals surface area contributed by atoms with Crippen LogP contribution in [0.2, 0.25) is 5.02 Å². The predicted octanol–water partition coefficient (Wildman–Crippen LogP) is 4.50. The third kappa shape index (κ3) is 3.97. The Kier molecular flexibility index (Phi) is 6.08. The van der Waals surface area contributed by atoms with Gasteiger partial charge >= 0.3 is 5.97 Å². The van der Waals surface area contributed by atoms with Crippen molar-refractivity contribution in [3.05, 3.63) is 33.2 Å². The van der Waals surface area contributed by atoms with Crippen LogP contribution in [0, 0.1) is 0 Å². The molecule has 0 spiro atoms. The zero-order valence-electron chi connectivity index (χ0n) is 15.1. The summed E-state index contributed by atoms with van der Waals surface area (Å²) in [5, 5.41) is 7.60. The number of halogens is 1. The van der Waals surface area contributed by atoms with Crippen LogP contribution >= 0.6 is 35.2 Å². The molecule has 0 amide bonds. The SMILES string of the molecule is COC(=O)c1c(NC(=S)Nc2cc(Cl)c(OC)cc2OC)sc2c1CCC2. The van der Waals surface area contributed by atoms with E-state index >= 15 is 0 Å². The number of thiophene rings is 1. The van der Waals surface area contributed by atoms with E-state index in [4.69, 9.17) is 38.0 Å². The normalized spacial score (nSPS) is 12.3. The van der Waals surface area contributed by atoms with Gasteiger partial charge in [0.25, 0.3) is 0 Å². The second-order valence-corrected chi connectivity index (χ2v) is 7.74. The summed E-state index contributed by atoms with van der Waals surface area (Å²) in [6.07, 6.45) is 2.89. The molecular formula is C18H19ClN2O4S2. The molecule has 2 N–H and O–H groups in total. The standard InChI is InChI=1S/C18H19ClN2O4S2/c1-23-12-8-13(24-2)11(7-10(12)19)20-18(26)21-16-15(17(22)25-3)9-5-4-6-14(9)27-16/h7-8H,4-6H2,1-3H3,(H2,20,21,26). The van der Waals surface area contributed by atoms with Gasteiger partial charge in [0.05, 0.1) is 37.6 Å². The van der Waals surface area contributed by atoms with Crippen molar-refractivity contribution in [3.63, 3.8) is 0 Å². The van der Waals surface area contributed by atoms with E-state index in [-0.39, 0.29) is 5.97 Å². The lowest BCUT2D eigenvalue weighted by Gasteiger charge is -2.15. The lowest BCUT2D eigenvalue weighted by molar-refractivity contribution is 0.0601. The number of thiocarbonyl (C=S) groups is 1. The molecule has 0 fully saturated rings. The number of fused-ring (bicyclic) bond motifs is 1. The average molecular weight is 427 g/mol. The van der Waals surface area contributed by atoms with Gasteiger partial charge in [-0.15, -0.1) is 11.3 Å². The highest BCUT2D eigenvalue weighted by atomic mass is 35.5. The molecule has 1 aromatic heterocycles. The first kappa shape index (κ1) is 19.7. The highest BCUT2D eigenvalue weighted by Crippen LogP contribution is 2.40. The minimum atomic E-state index is -0.357. The largest absolute Gasteiger partial charge is 0.495 e. The molecule has 0 atom stereocenters. The van der Waals surface area contributed by atoms with Gasteiger partial charge in [0, 0.05) is 10.9 Å². The Bertz CT molecular complexity index is 898. The molecule has 1 aliphatic carbocycles. The molecule has 9 heteroatoms. The van der Waals surface area contributed by atoms with Crippen molar-refractivity contribution in [2.75, 3.05) is 32.0 Å². The maximum Gasteiger partial charge on any atom is 0.341 e. The van der Waals surface area contributed by atoms with E-state index in [0.717, 1.165) is 24.8 Å². The summed E-state index contributed by atoms with van der Waals surface area (Å²) in [6, 6.07) is 3.34. The number of carbonyl (C=O) groups excluding carboxylic acids is 1. The lowest BCUT2D eigenvalue weighted by Crippen LogP contribution is -2.20. The molecule has 2 aromatic rings. The van der Waals surface area contributed by atoms with Gasteiger partial charge in [-0.1, -0.05) is 11.6 Å². The van der Waals surface area contributed by atoms with E-state index in [1.54, 1.807) is 19.2 Å². The summed E-state index contributed by atoms with van der Waals surface area (Å²) in [7, 11) is 4.46. The number of ether oxygens (including phenoxy) is 3. The van der Waals surface area contributed by atoms with Gasteiger partial charge in [-0.2, -0.15) is 0 Å². The first-order valence-electron chi connectivity index (χ1n) is 8.20. The fourth-order valence-electron chi connectivity index (χ4n) is 3.02. The smallest absolute Gasteiger partial charge is 0.341 e. The predicted molar refractivity (Wildman–Crippen MR) is 112 cm³/mol. The summed E-state index contributed by atoms with van der Waals surface area (Å²) in [5.74, 6) is 0.674. The zero-order chi connectivity index (χ0) is 19.6. The monoisotopic (exact) mass is 426 g/mol. The van der Waals surface area contributed by atoms with Crippen molar-refractivity contribution in [3.8, 4) is 11.5 Å². The third-order valence-electron chi connectivity index (χ3n) is 4.26. The number of carbonyl (C=O) groups is 1. The number of nitrogens with one attached hydrogen (secondary N) is 2. The van der Waals surface area contributed by atoms with Crippen LogP contribution in [0.1, 0.15) is 27.2 Å². The third-order valence-corrected chi connectivity index (χ3v) is 5.97. The number of hydrogen-bond donors (Lipinski definition) is 2. The van der Waals surface area contributed by atoms with Crippen molar-refractivity contribution in [1.82, 2.24) is 0 Å². The van der Waals surface area contributed by atoms with E-state index in [1.807, 2.05) is 0 Å². The van der Waals surface area contributed by atoms with Crippen molar-refractivity contribution in [2.24, 2.45) is 0 Å². The Hall–Kier alpha value is -2.03. The van der Waals surface area contributed by atoms with Gasteiger partial charge in [0.1, 0.15) is 16.5 Å². The first-order chi connectivity index (χ1) is 13.0. The molecule has 0 saturated carbocycles. The van der Waals surface area contributed by atoms with Gasteiger partial charge < -0.3 is 24.8 Å². The van der Waals surface area contributed by atoms with Gasteiger partial charge in [0.2, 0.25) is 0 Å². The van der Waals surface area contributed by atoms with Crippen LogP contribution in [0.4, 0.5) is 10.7 Å². The van der Waals surface area contributed by atoms with Crippen LogP contribution in [0.15, 0.2) is 12.1 Å².